The van der Waals surface area contributed by atoms with Gasteiger partial charge in [-0.3, -0.25) is 4.72 Å². The molecular formula is C10H7BrN4O2S2. The SMILES string of the molecule is O=S(=O)(Nc1cnc2ccnn2c1)c1ccc(Br)s1. The van der Waals surface area contributed by atoms with Crippen LogP contribution in [0.5, 0.6) is 0 Å². The van der Waals surface area contributed by atoms with Crippen LogP contribution in [0.2, 0.25) is 0 Å². The number of nitrogens with zero attached hydrogens (tertiary/aromatic N) is 3. The maximum absolute atomic E-state index is 12.1. The molecule has 19 heavy (non-hydrogen) atoms. The van der Waals surface area contributed by atoms with Crippen molar-refractivity contribution in [1.82, 2.24) is 14.6 Å². The zero-order valence-corrected chi connectivity index (χ0v) is 12.5. The van der Waals surface area contributed by atoms with Crippen molar-refractivity contribution >= 4 is 48.6 Å². The second-order valence-corrected chi connectivity index (χ2v) is 8.01. The van der Waals surface area contributed by atoms with Crippen molar-refractivity contribution in [3.05, 3.63) is 40.6 Å². The maximum atomic E-state index is 12.1. The first kappa shape index (κ1) is 12.6. The average Bonchev–Trinajstić information content (AvgIpc) is 2.96. The van der Waals surface area contributed by atoms with E-state index in [0.717, 1.165) is 15.1 Å². The van der Waals surface area contributed by atoms with Crippen molar-refractivity contribution in [3.63, 3.8) is 0 Å². The van der Waals surface area contributed by atoms with Crippen LogP contribution in [0.25, 0.3) is 5.65 Å². The van der Waals surface area contributed by atoms with Gasteiger partial charge < -0.3 is 0 Å². The average molecular weight is 359 g/mol. The highest BCUT2D eigenvalue weighted by atomic mass is 79.9. The lowest BCUT2D eigenvalue weighted by atomic mass is 10.5. The van der Waals surface area contributed by atoms with E-state index in [-0.39, 0.29) is 4.21 Å². The van der Waals surface area contributed by atoms with Gasteiger partial charge in [0.1, 0.15) is 4.21 Å². The van der Waals surface area contributed by atoms with Gasteiger partial charge in [-0.25, -0.2) is 17.9 Å². The van der Waals surface area contributed by atoms with Crippen molar-refractivity contribution in [2.45, 2.75) is 4.21 Å². The second-order valence-electron chi connectivity index (χ2n) is 3.64. The molecule has 6 nitrogen and oxygen atoms in total. The highest BCUT2D eigenvalue weighted by Gasteiger charge is 2.17. The molecule has 0 aromatic carbocycles. The summed E-state index contributed by atoms with van der Waals surface area (Å²) < 4.78 is 29.2. The molecule has 0 fully saturated rings. The summed E-state index contributed by atoms with van der Waals surface area (Å²) in [5.41, 5.74) is 1.02. The van der Waals surface area contributed by atoms with E-state index in [2.05, 4.69) is 30.7 Å². The van der Waals surface area contributed by atoms with E-state index in [1.165, 1.54) is 16.8 Å². The lowest BCUT2D eigenvalue weighted by molar-refractivity contribution is 0.603. The molecule has 0 saturated carbocycles. The second kappa shape index (κ2) is 4.58. The molecule has 0 atom stereocenters. The smallest absolute Gasteiger partial charge is 0.271 e. The highest BCUT2D eigenvalue weighted by molar-refractivity contribution is 9.11. The minimum atomic E-state index is -3.59. The number of sulfonamides is 1. The molecule has 98 valence electrons. The Kier molecular flexibility index (Phi) is 3.03. The molecule has 0 aliphatic carbocycles. The summed E-state index contributed by atoms with van der Waals surface area (Å²) in [4.78, 5) is 4.09. The summed E-state index contributed by atoms with van der Waals surface area (Å²) >= 11 is 4.38. The molecule has 0 bridgehead atoms. The standard InChI is InChI=1S/C10H7BrN4O2S2/c11-8-1-2-10(18-8)19(16,17)14-7-5-12-9-3-4-13-15(9)6-7/h1-6,14H. The first-order valence-corrected chi connectivity index (χ1v) is 8.21. The predicted molar refractivity (Wildman–Crippen MR) is 75.8 cm³/mol. The third kappa shape index (κ3) is 2.48. The number of halogens is 1. The van der Waals surface area contributed by atoms with Crippen LogP contribution in [-0.2, 0) is 10.0 Å². The fourth-order valence-electron chi connectivity index (χ4n) is 1.51. The Morgan fingerprint density at radius 2 is 2.16 bits per heavy atom. The van der Waals surface area contributed by atoms with Crippen LogP contribution in [-0.4, -0.2) is 23.0 Å². The Morgan fingerprint density at radius 1 is 1.32 bits per heavy atom. The predicted octanol–water partition coefficient (Wildman–Crippen LogP) is 2.35. The van der Waals surface area contributed by atoms with Crippen molar-refractivity contribution in [2.75, 3.05) is 4.72 Å². The lowest BCUT2D eigenvalue weighted by Crippen LogP contribution is -2.12. The number of anilines is 1. The summed E-state index contributed by atoms with van der Waals surface area (Å²) in [6.07, 6.45) is 4.62. The first-order chi connectivity index (χ1) is 9.04. The normalized spacial score (nSPS) is 11.8. The number of aromatic nitrogens is 3. The quantitative estimate of drug-likeness (QED) is 0.779. The summed E-state index contributed by atoms with van der Waals surface area (Å²) in [5, 5.41) is 4.00. The van der Waals surface area contributed by atoms with Gasteiger partial charge in [0.25, 0.3) is 10.0 Å². The fraction of sp³-hybridized carbons (Fsp3) is 0. The molecule has 1 N–H and O–H groups in total. The largest absolute Gasteiger partial charge is 0.276 e. The Labute approximate surface area is 121 Å². The number of hydrogen-bond donors (Lipinski definition) is 1. The van der Waals surface area contributed by atoms with Gasteiger partial charge in [0, 0.05) is 6.07 Å². The molecule has 3 rings (SSSR count). The van der Waals surface area contributed by atoms with E-state index in [4.69, 9.17) is 0 Å². The van der Waals surface area contributed by atoms with Gasteiger partial charge in [-0.15, -0.1) is 11.3 Å². The van der Waals surface area contributed by atoms with Gasteiger partial charge in [-0.1, -0.05) is 0 Å². The van der Waals surface area contributed by atoms with Crippen LogP contribution in [0.3, 0.4) is 0 Å². The van der Waals surface area contributed by atoms with Gasteiger partial charge >= 0.3 is 0 Å². The summed E-state index contributed by atoms with van der Waals surface area (Å²) in [5.74, 6) is 0. The van der Waals surface area contributed by atoms with Gasteiger partial charge in [-0.2, -0.15) is 5.10 Å². The molecule has 0 aliphatic rings. The molecule has 0 saturated heterocycles. The zero-order chi connectivity index (χ0) is 13.5. The molecule has 3 heterocycles. The van der Waals surface area contributed by atoms with Crippen LogP contribution in [0.1, 0.15) is 0 Å². The maximum Gasteiger partial charge on any atom is 0.271 e. The first-order valence-electron chi connectivity index (χ1n) is 5.12. The van der Waals surface area contributed by atoms with Gasteiger partial charge in [-0.05, 0) is 28.1 Å². The zero-order valence-electron chi connectivity index (χ0n) is 9.32. The topological polar surface area (TPSA) is 76.4 Å². The van der Waals surface area contributed by atoms with Crippen LogP contribution >= 0.6 is 27.3 Å². The van der Waals surface area contributed by atoms with Crippen molar-refractivity contribution in [1.29, 1.82) is 0 Å². The van der Waals surface area contributed by atoms with Crippen molar-refractivity contribution in [2.24, 2.45) is 0 Å². The van der Waals surface area contributed by atoms with Gasteiger partial charge in [0.15, 0.2) is 5.65 Å². The number of rotatable bonds is 3. The van der Waals surface area contributed by atoms with E-state index < -0.39 is 10.0 Å². The molecular weight excluding hydrogens is 352 g/mol. The molecule has 9 heteroatoms. The Balaban J connectivity index is 1.95. The molecule has 3 aromatic rings. The molecule has 0 aliphatic heterocycles. The van der Waals surface area contributed by atoms with Gasteiger partial charge in [0.05, 0.1) is 28.1 Å². The highest BCUT2D eigenvalue weighted by Crippen LogP contribution is 2.27. The van der Waals surface area contributed by atoms with Crippen molar-refractivity contribution < 1.29 is 8.42 Å². The molecule has 0 unspecified atom stereocenters. The molecule has 0 amide bonds. The number of hydrogen-bond acceptors (Lipinski definition) is 5. The van der Waals surface area contributed by atoms with E-state index in [1.807, 2.05) is 0 Å². The fourth-order valence-corrected chi connectivity index (χ4v) is 4.55. The van der Waals surface area contributed by atoms with E-state index in [1.54, 1.807) is 24.5 Å². The Morgan fingerprint density at radius 3 is 2.89 bits per heavy atom. The number of fused-ring (bicyclic) bond motifs is 1. The third-order valence-corrected chi connectivity index (χ3v) is 5.81. The summed E-state index contributed by atoms with van der Waals surface area (Å²) in [6, 6.07) is 4.96. The minimum absolute atomic E-state index is 0.236. The summed E-state index contributed by atoms with van der Waals surface area (Å²) in [6.45, 7) is 0. The number of nitrogens with one attached hydrogen (secondary N) is 1. The van der Waals surface area contributed by atoms with E-state index >= 15 is 0 Å². The number of thiophene rings is 1. The van der Waals surface area contributed by atoms with Crippen molar-refractivity contribution in [3.8, 4) is 0 Å². The Hall–Kier alpha value is -1.45. The monoisotopic (exact) mass is 358 g/mol. The van der Waals surface area contributed by atoms with Crippen LogP contribution in [0, 0.1) is 0 Å². The molecule has 0 radical (unpaired) electrons. The summed E-state index contributed by atoms with van der Waals surface area (Å²) in [7, 11) is -3.59. The van der Waals surface area contributed by atoms with Crippen LogP contribution < -0.4 is 4.72 Å². The Bertz CT molecular complexity index is 840. The van der Waals surface area contributed by atoms with E-state index in [0.29, 0.717) is 11.3 Å². The van der Waals surface area contributed by atoms with Crippen LogP contribution in [0.4, 0.5) is 5.69 Å². The molecule has 0 spiro atoms. The minimum Gasteiger partial charge on any atom is -0.276 e. The van der Waals surface area contributed by atoms with E-state index in [9.17, 15) is 8.42 Å². The van der Waals surface area contributed by atoms with Gasteiger partial charge in [0.2, 0.25) is 0 Å². The lowest BCUT2D eigenvalue weighted by Gasteiger charge is -2.05. The third-order valence-electron chi connectivity index (χ3n) is 2.31. The molecule has 3 aromatic heterocycles. The van der Waals surface area contributed by atoms with Crippen LogP contribution in [0.15, 0.2) is 44.8 Å².